The number of methoxy groups -OCH3 is 1. The molecule has 0 aliphatic carbocycles. The van der Waals surface area contributed by atoms with E-state index in [9.17, 15) is 9.59 Å². The van der Waals surface area contributed by atoms with Gasteiger partial charge in [0.25, 0.3) is 5.91 Å². The zero-order chi connectivity index (χ0) is 15.6. The van der Waals surface area contributed by atoms with E-state index in [1.807, 2.05) is 43.4 Å². The van der Waals surface area contributed by atoms with Crippen LogP contribution < -0.4 is 0 Å². The number of aromatic nitrogens is 2. The summed E-state index contributed by atoms with van der Waals surface area (Å²) in [4.78, 5) is 29.8. The van der Waals surface area contributed by atoms with Gasteiger partial charge >= 0.3 is 5.97 Å². The summed E-state index contributed by atoms with van der Waals surface area (Å²) in [5.74, 6) is -0.726. The third-order valence-electron chi connectivity index (χ3n) is 3.33. The lowest BCUT2D eigenvalue weighted by Crippen LogP contribution is -2.41. The zero-order valence-corrected chi connectivity index (χ0v) is 12.7. The predicted octanol–water partition coefficient (Wildman–Crippen LogP) is 1.67. The van der Waals surface area contributed by atoms with Gasteiger partial charge in [-0.1, -0.05) is 6.07 Å². The molecule has 1 amide bonds. The molecule has 2 rings (SSSR count). The van der Waals surface area contributed by atoms with Crippen LogP contribution in [0.1, 0.15) is 30.0 Å². The summed E-state index contributed by atoms with van der Waals surface area (Å²) in [7, 11) is 1.31. The minimum absolute atomic E-state index is 0.0835. The Morgan fingerprint density at radius 1 is 1.38 bits per heavy atom. The molecule has 2 aromatic heterocycles. The van der Waals surface area contributed by atoms with Crippen molar-refractivity contribution in [2.24, 2.45) is 0 Å². The van der Waals surface area contributed by atoms with Crippen molar-refractivity contribution in [2.45, 2.75) is 26.8 Å². The summed E-state index contributed by atoms with van der Waals surface area (Å²) in [6.45, 7) is 5.56. The van der Waals surface area contributed by atoms with Crippen LogP contribution in [-0.2, 0) is 9.53 Å². The van der Waals surface area contributed by atoms with Crippen molar-refractivity contribution in [1.82, 2.24) is 14.3 Å². The number of rotatable bonds is 4. The number of hydrogen-bond acceptors (Lipinski definition) is 4. The molecular formula is C15H19N3O3. The van der Waals surface area contributed by atoms with Crippen LogP contribution >= 0.6 is 0 Å². The van der Waals surface area contributed by atoms with Gasteiger partial charge in [-0.25, -0.2) is 4.98 Å². The predicted molar refractivity (Wildman–Crippen MR) is 78.1 cm³/mol. The summed E-state index contributed by atoms with van der Waals surface area (Å²) < 4.78 is 6.49. The van der Waals surface area contributed by atoms with Gasteiger partial charge in [0.1, 0.15) is 17.9 Å². The van der Waals surface area contributed by atoms with E-state index in [2.05, 4.69) is 9.72 Å². The fourth-order valence-corrected chi connectivity index (χ4v) is 2.09. The van der Waals surface area contributed by atoms with Gasteiger partial charge in [-0.2, -0.15) is 0 Å². The first kappa shape index (κ1) is 15.0. The molecule has 0 bridgehead atoms. The average Bonchev–Trinajstić information content (AvgIpc) is 2.89. The van der Waals surface area contributed by atoms with E-state index >= 15 is 0 Å². The van der Waals surface area contributed by atoms with Gasteiger partial charge in [-0.3, -0.25) is 9.59 Å². The van der Waals surface area contributed by atoms with E-state index in [0.29, 0.717) is 11.3 Å². The van der Waals surface area contributed by atoms with E-state index in [-0.39, 0.29) is 18.5 Å². The number of pyridine rings is 1. The molecule has 21 heavy (non-hydrogen) atoms. The van der Waals surface area contributed by atoms with Crippen LogP contribution in [0.3, 0.4) is 0 Å². The van der Waals surface area contributed by atoms with Crippen LogP contribution in [0.2, 0.25) is 0 Å². The first-order chi connectivity index (χ1) is 9.93. The molecule has 0 radical (unpaired) electrons. The molecule has 0 aliphatic rings. The van der Waals surface area contributed by atoms with Crippen LogP contribution in [0.4, 0.5) is 0 Å². The van der Waals surface area contributed by atoms with Crippen molar-refractivity contribution in [3.63, 3.8) is 0 Å². The molecule has 0 saturated heterocycles. The minimum Gasteiger partial charge on any atom is -0.468 e. The van der Waals surface area contributed by atoms with Crippen molar-refractivity contribution in [2.75, 3.05) is 13.7 Å². The normalized spacial score (nSPS) is 10.9. The number of imidazole rings is 1. The molecule has 0 fully saturated rings. The van der Waals surface area contributed by atoms with Crippen LogP contribution in [0.5, 0.6) is 0 Å². The second-order valence-electron chi connectivity index (χ2n) is 5.12. The monoisotopic (exact) mass is 289 g/mol. The molecular weight excluding hydrogens is 270 g/mol. The van der Waals surface area contributed by atoms with Gasteiger partial charge in [-0.15, -0.1) is 0 Å². The first-order valence-corrected chi connectivity index (χ1v) is 6.76. The maximum atomic E-state index is 12.6. The van der Waals surface area contributed by atoms with Gasteiger partial charge in [0.15, 0.2) is 0 Å². The maximum Gasteiger partial charge on any atom is 0.325 e. The number of carbonyl (C=O) groups excluding carboxylic acids is 2. The molecule has 112 valence electrons. The van der Waals surface area contributed by atoms with Crippen molar-refractivity contribution >= 4 is 17.5 Å². The Hall–Kier alpha value is -2.37. The summed E-state index contributed by atoms with van der Waals surface area (Å²) in [6, 6.07) is 5.55. The van der Waals surface area contributed by atoms with Crippen LogP contribution in [0.25, 0.3) is 5.65 Å². The van der Waals surface area contributed by atoms with Gasteiger partial charge in [-0.05, 0) is 32.9 Å². The lowest BCUT2D eigenvalue weighted by atomic mass is 10.2. The SMILES string of the molecule is COC(=O)CN(C(=O)c1cn2c(C)cccc2n1)C(C)C. The Balaban J connectivity index is 2.34. The molecule has 0 aliphatic heterocycles. The van der Waals surface area contributed by atoms with Crippen molar-refractivity contribution < 1.29 is 14.3 Å². The lowest BCUT2D eigenvalue weighted by Gasteiger charge is -2.24. The smallest absolute Gasteiger partial charge is 0.325 e. The maximum absolute atomic E-state index is 12.6. The van der Waals surface area contributed by atoms with E-state index in [1.54, 1.807) is 6.20 Å². The van der Waals surface area contributed by atoms with Crippen molar-refractivity contribution in [1.29, 1.82) is 0 Å². The minimum atomic E-state index is -0.447. The molecule has 2 aromatic rings. The zero-order valence-electron chi connectivity index (χ0n) is 12.7. The molecule has 2 heterocycles. The highest BCUT2D eigenvalue weighted by Crippen LogP contribution is 2.12. The highest BCUT2D eigenvalue weighted by Gasteiger charge is 2.24. The second kappa shape index (κ2) is 5.95. The van der Waals surface area contributed by atoms with Gasteiger partial charge < -0.3 is 14.0 Å². The topological polar surface area (TPSA) is 63.9 Å². The molecule has 0 unspecified atom stereocenters. The number of amides is 1. The average molecular weight is 289 g/mol. The summed E-state index contributed by atoms with van der Waals surface area (Å²) in [5.41, 5.74) is 2.02. The number of nitrogens with zero attached hydrogens (tertiary/aromatic N) is 3. The molecule has 6 nitrogen and oxygen atoms in total. The standard InChI is InChI=1S/C15H19N3O3/c1-10(2)17(9-14(19)21-4)15(20)12-8-18-11(3)6-5-7-13(18)16-12/h5-8,10H,9H2,1-4H3. The Labute approximate surface area is 123 Å². The number of ether oxygens (including phenoxy) is 1. The van der Waals surface area contributed by atoms with Crippen molar-refractivity contribution in [3.8, 4) is 0 Å². The van der Waals surface area contributed by atoms with Crippen LogP contribution in [0, 0.1) is 6.92 Å². The van der Waals surface area contributed by atoms with Gasteiger partial charge in [0, 0.05) is 17.9 Å². The number of carbonyl (C=O) groups is 2. The number of esters is 1. The van der Waals surface area contributed by atoms with E-state index in [4.69, 9.17) is 0 Å². The lowest BCUT2D eigenvalue weighted by molar-refractivity contribution is -0.141. The molecule has 0 spiro atoms. The molecule has 6 heteroatoms. The van der Waals surface area contributed by atoms with E-state index in [1.165, 1.54) is 12.0 Å². The van der Waals surface area contributed by atoms with Gasteiger partial charge in [0.2, 0.25) is 0 Å². The Morgan fingerprint density at radius 2 is 2.10 bits per heavy atom. The second-order valence-corrected chi connectivity index (χ2v) is 5.12. The highest BCUT2D eigenvalue weighted by molar-refractivity contribution is 5.95. The van der Waals surface area contributed by atoms with Crippen molar-refractivity contribution in [3.05, 3.63) is 35.8 Å². The Kier molecular flexibility index (Phi) is 4.26. The number of fused-ring (bicyclic) bond motifs is 1. The number of aryl methyl sites for hydroxylation is 1. The number of hydrogen-bond donors (Lipinski definition) is 0. The molecule has 0 aromatic carbocycles. The Bertz CT molecular complexity index is 676. The highest BCUT2D eigenvalue weighted by atomic mass is 16.5. The van der Waals surface area contributed by atoms with E-state index < -0.39 is 5.97 Å². The molecule has 0 saturated carbocycles. The Morgan fingerprint density at radius 3 is 2.67 bits per heavy atom. The first-order valence-electron chi connectivity index (χ1n) is 6.76. The summed E-state index contributed by atoms with van der Waals surface area (Å²) >= 11 is 0. The fraction of sp³-hybridized carbons (Fsp3) is 0.400. The third-order valence-corrected chi connectivity index (χ3v) is 3.33. The molecule has 0 N–H and O–H groups in total. The summed E-state index contributed by atoms with van der Waals surface area (Å²) in [5, 5.41) is 0. The quantitative estimate of drug-likeness (QED) is 0.803. The van der Waals surface area contributed by atoms with Gasteiger partial charge in [0.05, 0.1) is 7.11 Å². The van der Waals surface area contributed by atoms with Crippen LogP contribution in [-0.4, -0.2) is 45.9 Å². The molecule has 0 atom stereocenters. The van der Waals surface area contributed by atoms with Crippen LogP contribution in [0.15, 0.2) is 24.4 Å². The largest absolute Gasteiger partial charge is 0.468 e. The summed E-state index contributed by atoms with van der Waals surface area (Å²) in [6.07, 6.45) is 1.69. The van der Waals surface area contributed by atoms with E-state index in [0.717, 1.165) is 5.69 Å². The fourth-order valence-electron chi connectivity index (χ4n) is 2.09. The third kappa shape index (κ3) is 3.04.